The van der Waals surface area contributed by atoms with E-state index in [4.69, 9.17) is 11.6 Å². The number of carbonyl (C=O) groups excluding carboxylic acids is 2. The Morgan fingerprint density at radius 3 is 2.39 bits per heavy atom. The van der Waals surface area contributed by atoms with Crippen molar-refractivity contribution in [2.45, 2.75) is 25.9 Å². The van der Waals surface area contributed by atoms with Crippen molar-refractivity contribution in [1.82, 2.24) is 10.7 Å². The molecular formula is C25H23ClN3O2+. The molecule has 156 valence electrons. The Hall–Kier alpha value is -3.44. The summed E-state index contributed by atoms with van der Waals surface area (Å²) in [6.07, 6.45) is 1.87. The third-order valence-corrected chi connectivity index (χ3v) is 5.53. The molecule has 1 fully saturated rings. The molecule has 5 nitrogen and oxygen atoms in total. The lowest BCUT2D eigenvalue weighted by atomic mass is 9.99. The van der Waals surface area contributed by atoms with E-state index in [-0.39, 0.29) is 11.8 Å². The van der Waals surface area contributed by atoms with Gasteiger partial charge in [0.1, 0.15) is 0 Å². The van der Waals surface area contributed by atoms with Crippen LogP contribution in [0.25, 0.3) is 0 Å². The first-order valence-corrected chi connectivity index (χ1v) is 10.4. The molecule has 1 aliphatic heterocycles. The summed E-state index contributed by atoms with van der Waals surface area (Å²) in [4.78, 5) is 25.8. The average Bonchev–Trinajstić information content (AvgIpc) is 3.05. The van der Waals surface area contributed by atoms with Crippen LogP contribution in [0.2, 0.25) is 5.02 Å². The molecule has 4 rings (SSSR count). The maximum Gasteiger partial charge on any atom is 0.304 e. The van der Waals surface area contributed by atoms with Crippen molar-refractivity contribution in [3.63, 3.8) is 0 Å². The first-order chi connectivity index (χ1) is 14.9. The van der Waals surface area contributed by atoms with Gasteiger partial charge in [0.2, 0.25) is 12.3 Å². The van der Waals surface area contributed by atoms with Crippen molar-refractivity contribution in [3.05, 3.63) is 106 Å². The Bertz CT molecular complexity index is 1150. The zero-order chi connectivity index (χ0) is 22.0. The summed E-state index contributed by atoms with van der Waals surface area (Å²) in [5.41, 5.74) is 7.34. The van der Waals surface area contributed by atoms with E-state index in [9.17, 15) is 9.59 Å². The average molecular weight is 433 g/mol. The summed E-state index contributed by atoms with van der Waals surface area (Å²) in [7, 11) is 0. The van der Waals surface area contributed by atoms with Gasteiger partial charge in [-0.1, -0.05) is 59.1 Å². The van der Waals surface area contributed by atoms with Crippen LogP contribution in [0.15, 0.2) is 72.8 Å². The van der Waals surface area contributed by atoms with Crippen LogP contribution >= 0.6 is 11.6 Å². The van der Waals surface area contributed by atoms with E-state index >= 15 is 0 Å². The van der Waals surface area contributed by atoms with Crippen molar-refractivity contribution in [1.29, 1.82) is 0 Å². The first kappa shape index (κ1) is 20.8. The molecule has 1 saturated heterocycles. The lowest BCUT2D eigenvalue weighted by Gasteiger charge is -2.15. The highest BCUT2D eigenvalue weighted by molar-refractivity contribution is 6.30. The van der Waals surface area contributed by atoms with Gasteiger partial charge in [-0.15, -0.1) is 10.1 Å². The molecule has 6 heteroatoms. The summed E-state index contributed by atoms with van der Waals surface area (Å²) in [5, 5.41) is 3.52. The molecule has 0 saturated carbocycles. The molecule has 2 N–H and O–H groups in total. The van der Waals surface area contributed by atoms with E-state index in [1.165, 1.54) is 0 Å². The van der Waals surface area contributed by atoms with Crippen molar-refractivity contribution >= 4 is 29.6 Å². The smallest absolute Gasteiger partial charge is 0.304 e. The number of hydrogen-bond acceptors (Lipinski definition) is 2. The molecule has 0 unspecified atom stereocenters. The van der Waals surface area contributed by atoms with Crippen LogP contribution in [0.1, 0.15) is 38.7 Å². The zero-order valence-electron chi connectivity index (χ0n) is 17.3. The number of aryl methyl sites for hydroxylation is 2. The summed E-state index contributed by atoms with van der Waals surface area (Å²) in [6, 6.07) is 21.4. The van der Waals surface area contributed by atoms with Gasteiger partial charge in [-0.05, 0) is 50.2 Å². The van der Waals surface area contributed by atoms with Gasteiger partial charge >= 0.3 is 5.91 Å². The van der Waals surface area contributed by atoms with Crippen LogP contribution in [0.5, 0.6) is 0 Å². The van der Waals surface area contributed by atoms with E-state index < -0.39 is 12.1 Å². The van der Waals surface area contributed by atoms with Crippen LogP contribution < -0.4 is 10.7 Å². The number of amides is 2. The summed E-state index contributed by atoms with van der Waals surface area (Å²) in [6.45, 7) is 3.95. The molecular weight excluding hydrogens is 410 g/mol. The number of hydrogen-bond donors (Lipinski definition) is 2. The molecule has 0 spiro atoms. The van der Waals surface area contributed by atoms with E-state index in [1.807, 2.05) is 68.6 Å². The monoisotopic (exact) mass is 432 g/mol. The molecule has 1 aliphatic rings. The molecule has 0 aromatic heterocycles. The standard InChI is InChI=1S/C25H22ClN3O2/c1-16-6-8-18(9-7-16)15-29-23(19-10-12-21(26)13-11-19)22(25(31)28-29)27-24(30)20-5-3-4-17(2)14-20/h3-15,22-23H,1-2H3,(H-,27,28,30,31)/p+1/b29-15-/t22-,23+/m0/s1. The van der Waals surface area contributed by atoms with Crippen LogP contribution in [0.3, 0.4) is 0 Å². The van der Waals surface area contributed by atoms with Crippen molar-refractivity contribution < 1.29 is 14.3 Å². The number of nitrogens with zero attached hydrogens (tertiary/aromatic N) is 1. The molecule has 0 radical (unpaired) electrons. The van der Waals surface area contributed by atoms with Crippen molar-refractivity contribution in [2.75, 3.05) is 0 Å². The first-order valence-electron chi connectivity index (χ1n) is 10.0. The predicted molar refractivity (Wildman–Crippen MR) is 121 cm³/mol. The Labute approximate surface area is 186 Å². The number of hydrazine groups is 1. The highest BCUT2D eigenvalue weighted by atomic mass is 35.5. The normalized spacial score (nSPS) is 19.3. The summed E-state index contributed by atoms with van der Waals surface area (Å²) >= 11 is 6.07. The van der Waals surface area contributed by atoms with Gasteiger partial charge in [0, 0.05) is 21.7 Å². The Balaban J connectivity index is 1.70. The number of benzene rings is 3. The molecule has 31 heavy (non-hydrogen) atoms. The maximum absolute atomic E-state index is 12.9. The molecule has 0 bridgehead atoms. The fourth-order valence-electron chi connectivity index (χ4n) is 3.66. The van der Waals surface area contributed by atoms with Gasteiger partial charge in [-0.25, -0.2) is 0 Å². The number of nitrogens with one attached hydrogen (secondary N) is 2. The van der Waals surface area contributed by atoms with Gasteiger partial charge in [-0.3, -0.25) is 9.59 Å². The molecule has 1 heterocycles. The number of rotatable bonds is 4. The number of halogens is 1. The third-order valence-electron chi connectivity index (χ3n) is 5.28. The highest BCUT2D eigenvalue weighted by Crippen LogP contribution is 2.27. The van der Waals surface area contributed by atoms with Crippen LogP contribution in [0, 0.1) is 13.8 Å². The molecule has 2 amide bonds. The second kappa shape index (κ2) is 8.74. The SMILES string of the molecule is Cc1ccc(/C=[N+]2\NC(=O)[C@@H](NC(=O)c3cccc(C)c3)[C@H]2c2ccc(Cl)cc2)cc1. The van der Waals surface area contributed by atoms with Crippen molar-refractivity contribution in [2.24, 2.45) is 0 Å². The quantitative estimate of drug-likeness (QED) is 0.613. The van der Waals surface area contributed by atoms with E-state index in [1.54, 1.807) is 28.9 Å². The summed E-state index contributed by atoms with van der Waals surface area (Å²) in [5.74, 6) is -0.565. The summed E-state index contributed by atoms with van der Waals surface area (Å²) < 4.78 is 1.75. The van der Waals surface area contributed by atoms with Gasteiger partial charge < -0.3 is 5.32 Å². The highest BCUT2D eigenvalue weighted by Gasteiger charge is 2.47. The van der Waals surface area contributed by atoms with E-state index in [0.29, 0.717) is 10.6 Å². The van der Waals surface area contributed by atoms with Gasteiger partial charge in [0.25, 0.3) is 5.91 Å². The second-order valence-electron chi connectivity index (χ2n) is 7.74. The second-order valence-corrected chi connectivity index (χ2v) is 8.18. The number of carbonyl (C=O) groups is 2. The lowest BCUT2D eigenvalue weighted by molar-refractivity contribution is -0.596. The largest absolute Gasteiger partial charge is 0.334 e. The third kappa shape index (κ3) is 4.67. The number of hydrazone groups is 1. The maximum atomic E-state index is 12.9. The topological polar surface area (TPSA) is 61.2 Å². The minimum atomic E-state index is -0.768. The molecule has 3 aromatic carbocycles. The van der Waals surface area contributed by atoms with E-state index in [0.717, 1.165) is 22.3 Å². The predicted octanol–water partition coefficient (Wildman–Crippen LogP) is 3.97. The van der Waals surface area contributed by atoms with Gasteiger partial charge in [-0.2, -0.15) is 0 Å². The fourth-order valence-corrected chi connectivity index (χ4v) is 3.79. The zero-order valence-corrected chi connectivity index (χ0v) is 18.1. The minimum absolute atomic E-state index is 0.274. The lowest BCUT2D eigenvalue weighted by Crippen LogP contribution is -2.42. The van der Waals surface area contributed by atoms with E-state index in [2.05, 4.69) is 10.7 Å². The fraction of sp³-hybridized carbons (Fsp3) is 0.160. The molecule has 3 aromatic rings. The molecule has 0 aliphatic carbocycles. The van der Waals surface area contributed by atoms with Crippen LogP contribution in [-0.2, 0) is 4.79 Å². The molecule has 2 atom stereocenters. The van der Waals surface area contributed by atoms with Crippen LogP contribution in [0.4, 0.5) is 0 Å². The minimum Gasteiger partial charge on any atom is -0.334 e. The Morgan fingerprint density at radius 1 is 1.00 bits per heavy atom. The van der Waals surface area contributed by atoms with Gasteiger partial charge in [0.15, 0.2) is 6.04 Å². The van der Waals surface area contributed by atoms with Crippen molar-refractivity contribution in [3.8, 4) is 0 Å². The Morgan fingerprint density at radius 2 is 1.71 bits per heavy atom. The van der Waals surface area contributed by atoms with Gasteiger partial charge in [0.05, 0.1) is 0 Å². The Kier molecular flexibility index (Phi) is 5.87. The van der Waals surface area contributed by atoms with Crippen LogP contribution in [-0.4, -0.2) is 28.8 Å².